The molecule has 4 nitrogen and oxygen atoms in total. The number of oxime groups is 1. The van der Waals surface area contributed by atoms with E-state index < -0.39 is 9.84 Å². The molecule has 0 radical (unpaired) electrons. The average Bonchev–Trinajstić information content (AvgIpc) is 2.13. The van der Waals surface area contributed by atoms with Gasteiger partial charge in [0, 0.05) is 6.26 Å². The minimum Gasteiger partial charge on any atom is -0.390 e. The van der Waals surface area contributed by atoms with E-state index >= 15 is 0 Å². The maximum atomic E-state index is 10.6. The molecule has 0 atom stereocenters. The van der Waals surface area contributed by atoms with E-state index in [1.165, 1.54) is 0 Å². The first-order valence-corrected chi connectivity index (χ1v) is 5.93. The molecule has 0 unspecified atom stereocenters. The van der Waals surface area contributed by atoms with Gasteiger partial charge in [-0.1, -0.05) is 35.5 Å². The standard InChI is InChI=1S/C9H11NO3S/c1-14(11,12)8-10-13-7-9-5-3-2-4-6-9/h2-6,8H,7H2,1H3/b10-8+. The molecule has 0 aliphatic carbocycles. The zero-order chi connectivity index (χ0) is 10.4. The Morgan fingerprint density at radius 1 is 1.36 bits per heavy atom. The van der Waals surface area contributed by atoms with Crippen LogP contribution in [0.2, 0.25) is 0 Å². The van der Waals surface area contributed by atoms with Gasteiger partial charge in [-0.3, -0.25) is 0 Å². The average molecular weight is 213 g/mol. The zero-order valence-electron chi connectivity index (χ0n) is 7.75. The van der Waals surface area contributed by atoms with Crippen molar-refractivity contribution in [1.29, 1.82) is 0 Å². The summed E-state index contributed by atoms with van der Waals surface area (Å²) in [4.78, 5) is 4.79. The van der Waals surface area contributed by atoms with Crippen LogP contribution in [-0.4, -0.2) is 20.2 Å². The van der Waals surface area contributed by atoms with Crippen LogP contribution in [0.15, 0.2) is 35.5 Å². The second-order valence-corrected chi connectivity index (χ2v) is 4.67. The highest BCUT2D eigenvalue weighted by Gasteiger charge is 1.94. The topological polar surface area (TPSA) is 55.7 Å². The monoisotopic (exact) mass is 213 g/mol. The van der Waals surface area contributed by atoms with Crippen molar-refractivity contribution in [3.8, 4) is 0 Å². The van der Waals surface area contributed by atoms with E-state index in [9.17, 15) is 8.42 Å². The number of hydrogen-bond donors (Lipinski definition) is 0. The van der Waals surface area contributed by atoms with E-state index in [4.69, 9.17) is 4.84 Å². The number of benzene rings is 1. The highest BCUT2D eigenvalue weighted by molar-refractivity contribution is 8.03. The number of nitrogens with zero attached hydrogens (tertiary/aromatic N) is 1. The van der Waals surface area contributed by atoms with Gasteiger partial charge in [0.05, 0.1) is 0 Å². The van der Waals surface area contributed by atoms with Crippen LogP contribution < -0.4 is 0 Å². The van der Waals surface area contributed by atoms with Gasteiger partial charge >= 0.3 is 0 Å². The highest BCUT2D eigenvalue weighted by atomic mass is 32.2. The van der Waals surface area contributed by atoms with Gasteiger partial charge in [0.25, 0.3) is 0 Å². The van der Waals surface area contributed by atoms with Crippen molar-refractivity contribution in [3.05, 3.63) is 35.9 Å². The summed E-state index contributed by atoms with van der Waals surface area (Å²) in [5.41, 5.74) is 1.73. The molecule has 0 saturated heterocycles. The molecule has 1 rings (SSSR count). The van der Waals surface area contributed by atoms with Crippen LogP contribution >= 0.6 is 0 Å². The van der Waals surface area contributed by atoms with Crippen LogP contribution in [0.5, 0.6) is 0 Å². The first kappa shape index (κ1) is 10.7. The summed E-state index contributed by atoms with van der Waals surface area (Å²) < 4.78 is 21.2. The van der Waals surface area contributed by atoms with Gasteiger partial charge in [-0.15, -0.1) is 0 Å². The Hall–Kier alpha value is -1.36. The van der Waals surface area contributed by atoms with Crippen LogP contribution in [0.4, 0.5) is 0 Å². The lowest BCUT2D eigenvalue weighted by atomic mass is 10.2. The Morgan fingerprint density at radius 2 is 2.00 bits per heavy atom. The molecule has 0 amide bonds. The van der Waals surface area contributed by atoms with Crippen LogP contribution in [0, 0.1) is 0 Å². The van der Waals surface area contributed by atoms with Gasteiger partial charge in [-0.2, -0.15) is 0 Å². The minimum atomic E-state index is -3.20. The lowest BCUT2D eigenvalue weighted by Crippen LogP contribution is -1.97. The molecule has 0 spiro atoms. The molecule has 0 aromatic heterocycles. The van der Waals surface area contributed by atoms with Gasteiger partial charge in [0.15, 0.2) is 15.4 Å². The maximum Gasteiger partial charge on any atom is 0.189 e. The second kappa shape index (κ2) is 4.76. The Balaban J connectivity index is 2.40. The predicted molar refractivity (Wildman–Crippen MR) is 54.6 cm³/mol. The third kappa shape index (κ3) is 4.61. The van der Waals surface area contributed by atoms with Gasteiger partial charge in [-0.05, 0) is 5.56 Å². The molecule has 1 aromatic carbocycles. The van der Waals surface area contributed by atoms with Crippen molar-refractivity contribution >= 4 is 15.4 Å². The molecule has 0 saturated carbocycles. The normalized spacial score (nSPS) is 11.8. The number of hydrogen-bond acceptors (Lipinski definition) is 4. The number of rotatable bonds is 4. The molecular weight excluding hydrogens is 202 g/mol. The molecule has 1 aromatic rings. The smallest absolute Gasteiger partial charge is 0.189 e. The van der Waals surface area contributed by atoms with Gasteiger partial charge in [0.1, 0.15) is 6.61 Å². The summed E-state index contributed by atoms with van der Waals surface area (Å²) in [7, 11) is -3.20. The first-order chi connectivity index (χ1) is 6.58. The third-order valence-electron chi connectivity index (χ3n) is 1.38. The molecule has 0 aliphatic rings. The molecule has 0 fully saturated rings. The molecule has 0 N–H and O–H groups in total. The molecule has 14 heavy (non-hydrogen) atoms. The van der Waals surface area contributed by atoms with Crippen molar-refractivity contribution in [1.82, 2.24) is 0 Å². The molecular formula is C9H11NO3S. The molecule has 5 heteroatoms. The largest absolute Gasteiger partial charge is 0.390 e. The fourth-order valence-electron chi connectivity index (χ4n) is 0.795. The van der Waals surface area contributed by atoms with Gasteiger partial charge < -0.3 is 4.84 Å². The van der Waals surface area contributed by atoms with E-state index in [0.29, 0.717) is 0 Å². The van der Waals surface area contributed by atoms with E-state index in [2.05, 4.69) is 5.16 Å². The summed E-state index contributed by atoms with van der Waals surface area (Å²) in [5, 5.41) is 3.32. The van der Waals surface area contributed by atoms with Gasteiger partial charge in [0.2, 0.25) is 0 Å². The van der Waals surface area contributed by atoms with Crippen molar-refractivity contribution in [2.45, 2.75) is 6.61 Å². The highest BCUT2D eigenvalue weighted by Crippen LogP contribution is 2.00. The van der Waals surface area contributed by atoms with Crippen LogP contribution in [0.1, 0.15) is 5.56 Å². The molecule has 76 valence electrons. The fourth-order valence-corrected chi connectivity index (χ4v) is 1.01. The Labute approximate surface area is 83.1 Å². The summed E-state index contributed by atoms with van der Waals surface area (Å²) in [6, 6.07) is 9.38. The molecule has 0 bridgehead atoms. The lowest BCUT2D eigenvalue weighted by molar-refractivity contribution is 0.132. The van der Waals surface area contributed by atoms with Crippen LogP contribution in [0.3, 0.4) is 0 Å². The predicted octanol–water partition coefficient (Wildman–Crippen LogP) is 1.19. The van der Waals surface area contributed by atoms with Crippen LogP contribution in [-0.2, 0) is 21.3 Å². The maximum absolute atomic E-state index is 10.6. The second-order valence-electron chi connectivity index (χ2n) is 2.80. The van der Waals surface area contributed by atoms with E-state index in [0.717, 1.165) is 17.4 Å². The quantitative estimate of drug-likeness (QED) is 0.429. The number of sulfone groups is 1. The van der Waals surface area contributed by atoms with Crippen molar-refractivity contribution in [2.75, 3.05) is 6.26 Å². The van der Waals surface area contributed by atoms with Crippen molar-refractivity contribution < 1.29 is 13.3 Å². The summed E-state index contributed by atoms with van der Waals surface area (Å²) in [5.74, 6) is 0. The first-order valence-electron chi connectivity index (χ1n) is 3.97. The summed E-state index contributed by atoms with van der Waals surface area (Å²) in [6.07, 6.45) is 1.06. The van der Waals surface area contributed by atoms with Crippen molar-refractivity contribution in [3.63, 3.8) is 0 Å². The Bertz CT molecular complexity index is 397. The zero-order valence-corrected chi connectivity index (χ0v) is 8.57. The van der Waals surface area contributed by atoms with E-state index in [-0.39, 0.29) is 6.61 Å². The summed E-state index contributed by atoms with van der Waals surface area (Å²) >= 11 is 0. The van der Waals surface area contributed by atoms with E-state index in [1.807, 2.05) is 30.3 Å². The fraction of sp³-hybridized carbons (Fsp3) is 0.222. The Morgan fingerprint density at radius 3 is 2.57 bits per heavy atom. The summed E-state index contributed by atoms with van der Waals surface area (Å²) in [6.45, 7) is 0.271. The van der Waals surface area contributed by atoms with E-state index in [1.54, 1.807) is 0 Å². The lowest BCUT2D eigenvalue weighted by Gasteiger charge is -1.97. The van der Waals surface area contributed by atoms with Gasteiger partial charge in [-0.25, -0.2) is 8.42 Å². The SMILES string of the molecule is CS(=O)(=O)/C=N/OCc1ccccc1. The van der Waals surface area contributed by atoms with Crippen molar-refractivity contribution in [2.24, 2.45) is 5.16 Å². The molecule has 0 heterocycles. The molecule has 0 aliphatic heterocycles. The van der Waals surface area contributed by atoms with Crippen LogP contribution in [0.25, 0.3) is 0 Å². The Kier molecular flexibility index (Phi) is 3.64. The third-order valence-corrected chi connectivity index (χ3v) is 1.85. The minimum absolute atomic E-state index is 0.271.